The highest BCUT2D eigenvalue weighted by Crippen LogP contribution is 2.43. The van der Waals surface area contributed by atoms with Crippen LogP contribution >= 0.6 is 0 Å². The molecule has 5 rings (SSSR count). The van der Waals surface area contributed by atoms with Gasteiger partial charge < -0.3 is 25.3 Å². The minimum Gasteiger partial charge on any atom is -0.501 e. The zero-order valence-corrected chi connectivity index (χ0v) is 18.9. The Morgan fingerprint density at radius 3 is 2.26 bits per heavy atom. The second-order valence-electron chi connectivity index (χ2n) is 9.03. The summed E-state index contributed by atoms with van der Waals surface area (Å²) >= 11 is 0. The van der Waals surface area contributed by atoms with E-state index in [9.17, 15) is 15.0 Å². The number of furan rings is 1. The van der Waals surface area contributed by atoms with Crippen molar-refractivity contribution in [1.82, 2.24) is 4.90 Å². The van der Waals surface area contributed by atoms with Crippen molar-refractivity contribution < 1.29 is 19.4 Å². The fraction of sp³-hybridized carbons (Fsp3) is 0.250. The molecule has 4 aromatic rings. The molecular weight excluding hydrogens is 428 g/mol. The van der Waals surface area contributed by atoms with Gasteiger partial charge in [0.25, 0.3) is 0 Å². The predicted molar refractivity (Wildman–Crippen MR) is 131 cm³/mol. The van der Waals surface area contributed by atoms with Crippen LogP contribution in [-0.4, -0.2) is 40.7 Å². The topological polar surface area (TPSA) is 99.9 Å². The van der Waals surface area contributed by atoms with Crippen molar-refractivity contribution in [2.75, 3.05) is 19.6 Å². The van der Waals surface area contributed by atoms with Gasteiger partial charge in [0.15, 0.2) is 0 Å². The zero-order valence-electron chi connectivity index (χ0n) is 18.9. The molecule has 1 saturated heterocycles. The molecule has 0 saturated carbocycles. The average molecular weight is 457 g/mol. The van der Waals surface area contributed by atoms with Gasteiger partial charge in [-0.2, -0.15) is 0 Å². The van der Waals surface area contributed by atoms with Gasteiger partial charge in [-0.05, 0) is 54.1 Å². The van der Waals surface area contributed by atoms with Crippen molar-refractivity contribution in [3.8, 4) is 11.7 Å². The zero-order chi connectivity index (χ0) is 23.7. The third kappa shape index (κ3) is 3.70. The van der Waals surface area contributed by atoms with E-state index < -0.39 is 11.4 Å². The highest BCUT2D eigenvalue weighted by molar-refractivity contribution is 5.91. The summed E-state index contributed by atoms with van der Waals surface area (Å²) in [6.07, 6.45) is 1.64. The summed E-state index contributed by atoms with van der Waals surface area (Å²) in [5.74, 6) is -0.959. The van der Waals surface area contributed by atoms with Crippen molar-refractivity contribution in [2.24, 2.45) is 11.7 Å². The van der Waals surface area contributed by atoms with Crippen molar-refractivity contribution in [1.29, 1.82) is 0 Å². The lowest BCUT2D eigenvalue weighted by atomic mass is 9.64. The van der Waals surface area contributed by atoms with E-state index in [-0.39, 0.29) is 17.6 Å². The van der Waals surface area contributed by atoms with Gasteiger partial charge in [0.2, 0.25) is 11.7 Å². The molecule has 1 amide bonds. The molecule has 1 aliphatic heterocycles. The fourth-order valence-corrected chi connectivity index (χ4v) is 5.48. The Hall–Kier alpha value is -3.77. The first kappa shape index (κ1) is 22.0. The van der Waals surface area contributed by atoms with Gasteiger partial charge in [0.05, 0.1) is 5.39 Å². The number of nitrogens with two attached hydrogens (primary N) is 1. The largest absolute Gasteiger partial charge is 0.501 e. The Bertz CT molecular complexity index is 1260. The summed E-state index contributed by atoms with van der Waals surface area (Å²) in [5.41, 5.74) is 8.65. The maximum absolute atomic E-state index is 13.2. The summed E-state index contributed by atoms with van der Waals surface area (Å²) in [4.78, 5) is 15.6. The summed E-state index contributed by atoms with van der Waals surface area (Å²) < 4.78 is 5.14. The second kappa shape index (κ2) is 8.88. The molecule has 174 valence electrons. The molecule has 1 aromatic heterocycles. The average Bonchev–Trinajstić information content (AvgIpc) is 3.44. The van der Waals surface area contributed by atoms with Crippen LogP contribution in [-0.2, 0) is 16.6 Å². The summed E-state index contributed by atoms with van der Waals surface area (Å²) in [5, 5.41) is 20.1. The van der Waals surface area contributed by atoms with Crippen LogP contribution in [0.4, 0.5) is 0 Å². The number of fused-ring (bicyclic) bond motifs is 1. The molecule has 0 bridgehead atoms. The van der Waals surface area contributed by atoms with Crippen LogP contribution < -0.4 is 5.73 Å². The Morgan fingerprint density at radius 1 is 1.00 bits per heavy atom. The molecule has 0 aliphatic carbocycles. The lowest BCUT2D eigenvalue weighted by Gasteiger charge is -2.37. The fourth-order valence-electron chi connectivity index (χ4n) is 5.48. The first-order valence-corrected chi connectivity index (χ1v) is 11.6. The normalized spacial score (nSPS) is 16.8. The molecule has 1 fully saturated rings. The van der Waals surface area contributed by atoms with E-state index in [2.05, 4.69) is 4.90 Å². The summed E-state index contributed by atoms with van der Waals surface area (Å²) in [6, 6.07) is 25.3. The molecule has 0 unspecified atom stereocenters. The lowest BCUT2D eigenvalue weighted by molar-refractivity contribution is -0.123. The molecule has 0 spiro atoms. The number of carbonyl (C=O) groups excluding carboxylic acids is 1. The van der Waals surface area contributed by atoms with E-state index in [1.54, 1.807) is 6.07 Å². The van der Waals surface area contributed by atoms with E-state index >= 15 is 0 Å². The number of aromatic hydroxyl groups is 2. The van der Waals surface area contributed by atoms with Crippen molar-refractivity contribution in [2.45, 2.75) is 18.3 Å². The summed E-state index contributed by atoms with van der Waals surface area (Å²) in [7, 11) is 0. The highest BCUT2D eigenvalue weighted by Gasteiger charge is 2.49. The number of hydrogen-bond acceptors (Lipinski definition) is 5. The molecular formula is C28H28N2O4. The third-order valence-electron chi connectivity index (χ3n) is 7.16. The monoisotopic (exact) mass is 456 g/mol. The lowest BCUT2D eigenvalue weighted by Crippen LogP contribution is -2.49. The van der Waals surface area contributed by atoms with Gasteiger partial charge in [-0.15, -0.1) is 0 Å². The molecule has 6 heteroatoms. The number of rotatable bonds is 7. The number of hydrogen-bond donors (Lipinski definition) is 3. The van der Waals surface area contributed by atoms with E-state index in [1.807, 2.05) is 72.8 Å². The van der Waals surface area contributed by atoms with Gasteiger partial charge in [0, 0.05) is 13.1 Å². The molecule has 3 aromatic carbocycles. The third-order valence-corrected chi connectivity index (χ3v) is 7.16. The number of amides is 1. The van der Waals surface area contributed by atoms with Gasteiger partial charge >= 0.3 is 5.95 Å². The van der Waals surface area contributed by atoms with E-state index in [4.69, 9.17) is 10.2 Å². The standard InChI is InChI=1S/C28H28N2O4/c29-27(33)28(20-7-3-1-4-8-20,21-9-5-2-6-10-21)22-14-16-30(18-22)15-13-19-11-12-24-23(17-19)25(31)26(32)34-24/h1-12,17,22,31-32H,13-16,18H2,(H2,29,33)/t22-/m1/s1. The van der Waals surface area contributed by atoms with Gasteiger partial charge in [-0.3, -0.25) is 4.79 Å². The quantitative estimate of drug-likeness (QED) is 0.387. The number of benzene rings is 3. The van der Waals surface area contributed by atoms with Crippen LogP contribution in [0.1, 0.15) is 23.1 Å². The first-order chi connectivity index (χ1) is 16.5. The predicted octanol–water partition coefficient (Wildman–Crippen LogP) is 4.18. The molecule has 34 heavy (non-hydrogen) atoms. The summed E-state index contributed by atoms with van der Waals surface area (Å²) in [6.45, 7) is 2.44. The second-order valence-corrected chi connectivity index (χ2v) is 9.03. The van der Waals surface area contributed by atoms with Crippen molar-refractivity contribution in [3.05, 3.63) is 95.6 Å². The molecule has 1 atom stereocenters. The minimum atomic E-state index is -0.893. The number of nitrogens with zero attached hydrogens (tertiary/aromatic N) is 1. The van der Waals surface area contributed by atoms with Gasteiger partial charge in [-0.1, -0.05) is 66.7 Å². The SMILES string of the molecule is NC(=O)C(c1ccccc1)(c1ccccc1)[C@@H]1CCN(CCc2ccc3oc(O)c(O)c3c2)C1. The smallest absolute Gasteiger partial charge is 0.327 e. The Labute approximate surface area is 198 Å². The van der Waals surface area contributed by atoms with Gasteiger partial charge in [-0.25, -0.2) is 0 Å². The van der Waals surface area contributed by atoms with E-state index in [0.717, 1.165) is 49.2 Å². The van der Waals surface area contributed by atoms with E-state index in [1.165, 1.54) is 0 Å². The minimum absolute atomic E-state index is 0.0483. The molecule has 1 aliphatic rings. The van der Waals surface area contributed by atoms with Crippen molar-refractivity contribution in [3.63, 3.8) is 0 Å². The molecule has 2 heterocycles. The van der Waals surface area contributed by atoms with Crippen LogP contribution in [0.25, 0.3) is 11.0 Å². The van der Waals surface area contributed by atoms with Crippen LogP contribution in [0.5, 0.6) is 11.7 Å². The number of carbonyl (C=O) groups is 1. The molecule has 6 nitrogen and oxygen atoms in total. The van der Waals surface area contributed by atoms with Crippen LogP contribution in [0.3, 0.4) is 0 Å². The maximum atomic E-state index is 13.2. The highest BCUT2D eigenvalue weighted by atomic mass is 16.5. The maximum Gasteiger partial charge on any atom is 0.327 e. The van der Waals surface area contributed by atoms with Gasteiger partial charge in [0.1, 0.15) is 11.0 Å². The molecule has 4 N–H and O–H groups in total. The van der Waals surface area contributed by atoms with Crippen LogP contribution in [0.2, 0.25) is 0 Å². The number of likely N-dealkylation sites (tertiary alicyclic amines) is 1. The van der Waals surface area contributed by atoms with Crippen molar-refractivity contribution >= 4 is 16.9 Å². The Kier molecular flexibility index (Phi) is 5.75. The number of primary amides is 1. The Morgan fingerprint density at radius 2 is 1.65 bits per heavy atom. The van der Waals surface area contributed by atoms with E-state index in [0.29, 0.717) is 11.0 Å². The Balaban J connectivity index is 1.39. The van der Waals surface area contributed by atoms with Crippen LogP contribution in [0.15, 0.2) is 83.3 Å². The first-order valence-electron chi connectivity index (χ1n) is 11.6. The molecule has 0 radical (unpaired) electrons. The van der Waals surface area contributed by atoms with Crippen LogP contribution in [0, 0.1) is 5.92 Å².